The SMILES string of the molecule is CC1(C)c2cc3c(cc2-c2cc4c(cc21)-c1c(cc(-c2cccc5oc6cccc(-c7ccccc7)c6c25)c2ccccc12)C4(C)C)C(C)(C)c1cc(-c2cccc4oc5cccc(-c6ccccc6)c5c24)c2ccccc2c1-3. The highest BCUT2D eigenvalue weighted by Gasteiger charge is 2.46. The van der Waals surface area contributed by atoms with Gasteiger partial charge in [-0.1, -0.05) is 199 Å². The Morgan fingerprint density at radius 2 is 0.519 bits per heavy atom. The molecule has 2 heterocycles. The summed E-state index contributed by atoms with van der Waals surface area (Å²) in [6.45, 7) is 14.7. The first-order valence-corrected chi connectivity index (χ1v) is 28.0. The molecular formula is C77H54O2. The van der Waals surface area contributed by atoms with Crippen LogP contribution in [0.25, 0.3) is 143 Å². The van der Waals surface area contributed by atoms with Crippen molar-refractivity contribution in [3.8, 4) is 77.9 Å². The minimum absolute atomic E-state index is 0.247. The molecule has 0 amide bonds. The Morgan fingerprint density at radius 1 is 0.228 bits per heavy atom. The van der Waals surface area contributed by atoms with Gasteiger partial charge in [0.1, 0.15) is 22.3 Å². The zero-order valence-electron chi connectivity index (χ0n) is 45.1. The van der Waals surface area contributed by atoms with Gasteiger partial charge in [0.2, 0.25) is 0 Å². The number of furan rings is 2. The molecule has 3 aliphatic rings. The van der Waals surface area contributed by atoms with Gasteiger partial charge < -0.3 is 8.83 Å². The summed E-state index contributed by atoms with van der Waals surface area (Å²) in [6, 6.07) is 81.3. The van der Waals surface area contributed by atoms with Gasteiger partial charge in [0.15, 0.2) is 0 Å². The highest BCUT2D eigenvalue weighted by Crippen LogP contribution is 2.62. The zero-order chi connectivity index (χ0) is 52.8. The first kappa shape index (κ1) is 44.8. The van der Waals surface area contributed by atoms with E-state index in [1.807, 2.05) is 0 Å². The van der Waals surface area contributed by atoms with Crippen LogP contribution in [-0.4, -0.2) is 0 Å². The Morgan fingerprint density at radius 3 is 0.911 bits per heavy atom. The predicted octanol–water partition coefficient (Wildman–Crippen LogP) is 21.4. The Hall–Kier alpha value is -9.24. The van der Waals surface area contributed by atoms with Gasteiger partial charge in [0.05, 0.1) is 0 Å². The van der Waals surface area contributed by atoms with Crippen LogP contribution in [0.3, 0.4) is 0 Å². The van der Waals surface area contributed by atoms with E-state index in [9.17, 15) is 0 Å². The van der Waals surface area contributed by atoms with Crippen molar-refractivity contribution in [2.45, 2.75) is 57.8 Å². The Bertz CT molecular complexity index is 4700. The summed E-state index contributed by atoms with van der Waals surface area (Å²) in [6.07, 6.45) is 0. The lowest BCUT2D eigenvalue weighted by molar-refractivity contribution is 0.649. The second kappa shape index (κ2) is 15.5. The van der Waals surface area contributed by atoms with Crippen LogP contribution in [0.5, 0.6) is 0 Å². The van der Waals surface area contributed by atoms with E-state index in [-0.39, 0.29) is 16.2 Å². The Balaban J connectivity index is 0.834. The van der Waals surface area contributed by atoms with E-state index in [2.05, 4.69) is 260 Å². The zero-order valence-corrected chi connectivity index (χ0v) is 45.1. The minimum atomic E-state index is -0.278. The smallest absolute Gasteiger partial charge is 0.136 e. The fourth-order valence-corrected chi connectivity index (χ4v) is 15.2. The summed E-state index contributed by atoms with van der Waals surface area (Å²) < 4.78 is 13.4. The van der Waals surface area contributed by atoms with E-state index in [1.165, 1.54) is 133 Å². The van der Waals surface area contributed by atoms with E-state index in [1.54, 1.807) is 0 Å². The van der Waals surface area contributed by atoms with Gasteiger partial charge in [-0.3, -0.25) is 0 Å². The van der Waals surface area contributed by atoms with Gasteiger partial charge in [-0.25, -0.2) is 0 Å². The first-order valence-electron chi connectivity index (χ1n) is 28.0. The van der Waals surface area contributed by atoms with Crippen LogP contribution < -0.4 is 0 Å². The quantitative estimate of drug-likeness (QED) is 0.176. The molecule has 2 heteroatoms. The molecule has 0 bridgehead atoms. The summed E-state index contributed by atoms with van der Waals surface area (Å²) >= 11 is 0. The molecule has 0 saturated carbocycles. The molecular weight excluding hydrogens is 957 g/mol. The van der Waals surface area contributed by atoms with Crippen LogP contribution >= 0.6 is 0 Å². The summed E-state index contributed by atoms with van der Waals surface area (Å²) in [7, 11) is 0. The van der Waals surface area contributed by atoms with Crippen LogP contribution in [0.2, 0.25) is 0 Å². The molecule has 0 fully saturated rings. The van der Waals surface area contributed by atoms with E-state index in [0.29, 0.717) is 0 Å². The van der Waals surface area contributed by atoms with Gasteiger partial charge >= 0.3 is 0 Å². The first-order chi connectivity index (χ1) is 38.5. The van der Waals surface area contributed by atoms with Crippen LogP contribution in [0.1, 0.15) is 74.9 Å². The van der Waals surface area contributed by atoms with E-state index in [0.717, 1.165) is 43.9 Å². The number of benzene rings is 12. The van der Waals surface area contributed by atoms with Crippen molar-refractivity contribution in [3.63, 3.8) is 0 Å². The van der Waals surface area contributed by atoms with Crippen molar-refractivity contribution < 1.29 is 8.83 Å². The number of hydrogen-bond acceptors (Lipinski definition) is 2. The van der Waals surface area contributed by atoms with E-state index >= 15 is 0 Å². The topological polar surface area (TPSA) is 26.3 Å². The molecule has 2 aromatic heterocycles. The molecule has 0 atom stereocenters. The average Bonchev–Trinajstić information content (AvgIpc) is 2.72. The van der Waals surface area contributed by atoms with Crippen molar-refractivity contribution in [2.24, 2.45) is 0 Å². The van der Waals surface area contributed by atoms with Crippen LogP contribution in [0, 0.1) is 0 Å². The maximum Gasteiger partial charge on any atom is 0.136 e. The molecule has 12 aromatic carbocycles. The van der Waals surface area contributed by atoms with Gasteiger partial charge in [0.25, 0.3) is 0 Å². The maximum atomic E-state index is 6.70. The van der Waals surface area contributed by atoms with Crippen LogP contribution in [0.4, 0.5) is 0 Å². The largest absolute Gasteiger partial charge is 0.456 e. The van der Waals surface area contributed by atoms with E-state index in [4.69, 9.17) is 8.83 Å². The lowest BCUT2D eigenvalue weighted by Gasteiger charge is -2.25. The average molecular weight is 1010 g/mol. The lowest BCUT2D eigenvalue weighted by Crippen LogP contribution is -2.17. The molecule has 3 aliphatic carbocycles. The van der Waals surface area contributed by atoms with Crippen molar-refractivity contribution in [1.29, 1.82) is 0 Å². The third kappa shape index (κ3) is 5.86. The molecule has 0 N–H and O–H groups in total. The molecule has 374 valence electrons. The van der Waals surface area contributed by atoms with Crippen molar-refractivity contribution in [3.05, 3.63) is 252 Å². The van der Waals surface area contributed by atoms with Crippen molar-refractivity contribution in [2.75, 3.05) is 0 Å². The van der Waals surface area contributed by atoms with Crippen LogP contribution in [-0.2, 0) is 16.2 Å². The highest BCUT2D eigenvalue weighted by molar-refractivity contribution is 6.23. The Kier molecular flexibility index (Phi) is 8.79. The van der Waals surface area contributed by atoms with Gasteiger partial charge in [0, 0.05) is 37.8 Å². The van der Waals surface area contributed by atoms with E-state index < -0.39 is 0 Å². The third-order valence-electron chi connectivity index (χ3n) is 19.1. The highest BCUT2D eigenvalue weighted by atomic mass is 16.3. The lowest BCUT2D eigenvalue weighted by atomic mass is 9.78. The maximum absolute atomic E-state index is 6.70. The summed E-state index contributed by atoms with van der Waals surface area (Å²) in [5.41, 5.74) is 28.9. The third-order valence-corrected chi connectivity index (χ3v) is 19.1. The van der Waals surface area contributed by atoms with Gasteiger partial charge in [-0.15, -0.1) is 0 Å². The monoisotopic (exact) mass is 1010 g/mol. The molecule has 0 unspecified atom stereocenters. The number of hydrogen-bond donors (Lipinski definition) is 0. The molecule has 0 saturated heterocycles. The fourth-order valence-electron chi connectivity index (χ4n) is 15.2. The second-order valence-corrected chi connectivity index (χ2v) is 24.2. The molecule has 17 rings (SSSR count). The summed E-state index contributed by atoms with van der Waals surface area (Å²) in [5.74, 6) is 0. The summed E-state index contributed by atoms with van der Waals surface area (Å²) in [4.78, 5) is 0. The Labute approximate surface area is 459 Å². The minimum Gasteiger partial charge on any atom is -0.456 e. The second-order valence-electron chi connectivity index (χ2n) is 24.2. The van der Waals surface area contributed by atoms with Crippen molar-refractivity contribution >= 4 is 65.4 Å². The van der Waals surface area contributed by atoms with Crippen molar-refractivity contribution in [1.82, 2.24) is 0 Å². The molecule has 14 aromatic rings. The molecule has 0 radical (unpaired) electrons. The summed E-state index contributed by atoms with van der Waals surface area (Å²) in [5, 5.41) is 9.74. The standard InChI is InChI=1S/C77H54O2/c1-75(2)59-41-57-61(76(3,4)63-37-53(47-25-13-15-27-49(47)69(57)63)51-31-19-35-67-73(51)71-45(29-17-33-65(71)78-67)43-21-9-7-10-22-43)39-55(59)56-40-62-58(42-60(56)75)70-50-28-16-14-26-48(50)54(38-64(70)77(62,5)6)52-32-20-36-68-74(52)72-46(30-18-34-66(72)79-68)44-23-11-8-12-24-44/h7-42H,1-6H3. The van der Waals surface area contributed by atoms with Gasteiger partial charge in [-0.2, -0.15) is 0 Å². The molecule has 79 heavy (non-hydrogen) atoms. The van der Waals surface area contributed by atoms with Crippen LogP contribution in [0.15, 0.2) is 227 Å². The molecule has 0 aliphatic heterocycles. The fraction of sp³-hybridized carbons (Fsp3) is 0.117. The molecule has 2 nitrogen and oxygen atoms in total. The normalized spacial score (nSPS) is 15.0. The predicted molar refractivity (Wildman–Crippen MR) is 330 cm³/mol. The van der Waals surface area contributed by atoms with Gasteiger partial charge in [-0.05, 0) is 193 Å². The molecule has 0 spiro atoms. The number of fused-ring (bicyclic) bond motifs is 19. The number of rotatable bonds is 4.